The molecule has 12 heteroatoms. The standard InChI is InChI=1S/C25H27F3N4O5/c1-4-5-6-37-23-21-25(36)30-12-32(13(2)7-20(33)14(30)3)31(21)11-17(22(23)34)24(35)29-10-16-18(27)8-15(26)9-19(16)28/h8-9,11,13-14H,4-7,10,12H2,1-3H3,(H,29,35)/t13-,14+/m1/s1. The number of aromatic nitrogens is 1. The molecule has 1 N–H and O–H groups in total. The number of carbonyl (C=O) groups excluding carboxylic acids is 3. The second-order valence-electron chi connectivity index (χ2n) is 9.18. The quantitative estimate of drug-likeness (QED) is 0.563. The maximum absolute atomic E-state index is 14.0. The van der Waals surface area contributed by atoms with E-state index >= 15 is 0 Å². The van der Waals surface area contributed by atoms with Crippen molar-refractivity contribution in [1.29, 1.82) is 0 Å². The largest absolute Gasteiger partial charge is 0.487 e. The Bertz CT molecular complexity index is 1310. The van der Waals surface area contributed by atoms with E-state index in [1.54, 1.807) is 18.9 Å². The third kappa shape index (κ3) is 4.79. The third-order valence-electron chi connectivity index (χ3n) is 6.64. The van der Waals surface area contributed by atoms with Gasteiger partial charge in [0.05, 0.1) is 18.7 Å². The van der Waals surface area contributed by atoms with Crippen molar-refractivity contribution >= 4 is 17.6 Å². The lowest BCUT2D eigenvalue weighted by Crippen LogP contribution is -2.57. The molecule has 2 aromatic rings. The van der Waals surface area contributed by atoms with Crippen molar-refractivity contribution in [2.75, 3.05) is 18.3 Å². The third-order valence-corrected chi connectivity index (χ3v) is 6.64. The fourth-order valence-electron chi connectivity index (χ4n) is 4.41. The summed E-state index contributed by atoms with van der Waals surface area (Å²) in [6, 6.07) is -0.122. The van der Waals surface area contributed by atoms with Gasteiger partial charge >= 0.3 is 0 Å². The molecule has 0 radical (unpaired) electrons. The molecule has 9 nitrogen and oxygen atoms in total. The van der Waals surface area contributed by atoms with Crippen LogP contribution in [0.4, 0.5) is 13.2 Å². The summed E-state index contributed by atoms with van der Waals surface area (Å²) in [5, 5.41) is 3.97. The summed E-state index contributed by atoms with van der Waals surface area (Å²) in [5.41, 5.74) is -1.98. The Morgan fingerprint density at radius 1 is 1.14 bits per heavy atom. The van der Waals surface area contributed by atoms with Gasteiger partial charge in [-0.3, -0.25) is 28.9 Å². The number of rotatable bonds is 7. The van der Waals surface area contributed by atoms with Crippen LogP contribution in [-0.4, -0.2) is 52.5 Å². The van der Waals surface area contributed by atoms with Gasteiger partial charge in [0.1, 0.15) is 29.7 Å². The van der Waals surface area contributed by atoms with Crippen LogP contribution in [0.1, 0.15) is 66.4 Å². The molecule has 0 saturated carbocycles. The fourth-order valence-corrected chi connectivity index (χ4v) is 4.41. The molecule has 2 atom stereocenters. The van der Waals surface area contributed by atoms with Crippen molar-refractivity contribution in [2.45, 2.75) is 58.7 Å². The second kappa shape index (κ2) is 10.3. The lowest BCUT2D eigenvalue weighted by atomic mass is 10.1. The van der Waals surface area contributed by atoms with Crippen LogP contribution in [0.5, 0.6) is 5.75 Å². The van der Waals surface area contributed by atoms with Gasteiger partial charge in [0.25, 0.3) is 11.8 Å². The molecule has 1 aromatic carbocycles. The predicted octanol–water partition coefficient (Wildman–Crippen LogP) is 2.48. The monoisotopic (exact) mass is 520 g/mol. The van der Waals surface area contributed by atoms with Crippen LogP contribution in [0.15, 0.2) is 23.1 Å². The average Bonchev–Trinajstić information content (AvgIpc) is 2.93. The first kappa shape index (κ1) is 26.2. The zero-order valence-corrected chi connectivity index (χ0v) is 20.6. The smallest absolute Gasteiger partial charge is 0.278 e. The Hall–Kier alpha value is -3.83. The van der Waals surface area contributed by atoms with Gasteiger partial charge in [0.15, 0.2) is 17.2 Å². The Morgan fingerprint density at radius 3 is 2.46 bits per heavy atom. The molecule has 1 aromatic heterocycles. The van der Waals surface area contributed by atoms with Gasteiger partial charge in [-0.2, -0.15) is 0 Å². The van der Waals surface area contributed by atoms with E-state index in [4.69, 9.17) is 4.74 Å². The molecule has 3 heterocycles. The number of ketones is 1. The van der Waals surface area contributed by atoms with Crippen molar-refractivity contribution in [1.82, 2.24) is 14.9 Å². The lowest BCUT2D eigenvalue weighted by Gasteiger charge is -2.41. The number of ether oxygens (including phenoxy) is 1. The minimum Gasteiger partial charge on any atom is -0.487 e. The number of hydrogen-bond donors (Lipinski definition) is 1. The summed E-state index contributed by atoms with van der Waals surface area (Å²) < 4.78 is 48.4. The number of carbonyl (C=O) groups is 3. The highest BCUT2D eigenvalue weighted by molar-refractivity contribution is 6.02. The number of pyridine rings is 1. The van der Waals surface area contributed by atoms with Gasteiger partial charge < -0.3 is 15.0 Å². The summed E-state index contributed by atoms with van der Waals surface area (Å²) >= 11 is 0. The van der Waals surface area contributed by atoms with Crippen molar-refractivity contribution in [3.8, 4) is 5.75 Å². The molecule has 2 bridgehead atoms. The summed E-state index contributed by atoms with van der Waals surface area (Å²) in [4.78, 5) is 53.8. The highest BCUT2D eigenvalue weighted by Crippen LogP contribution is 2.28. The number of nitrogens with one attached hydrogen (secondary N) is 1. The molecule has 1 saturated heterocycles. The first-order chi connectivity index (χ1) is 17.5. The molecule has 1 fully saturated rings. The second-order valence-corrected chi connectivity index (χ2v) is 9.18. The number of hydrogen-bond acceptors (Lipinski definition) is 6. The van der Waals surface area contributed by atoms with Crippen molar-refractivity contribution in [3.05, 3.63) is 62.8 Å². The molecule has 0 unspecified atom stereocenters. The Balaban J connectivity index is 1.77. The van der Waals surface area contributed by atoms with Gasteiger partial charge in [-0.15, -0.1) is 0 Å². The van der Waals surface area contributed by atoms with Crippen LogP contribution in [0.25, 0.3) is 0 Å². The van der Waals surface area contributed by atoms with Crippen molar-refractivity contribution in [2.24, 2.45) is 0 Å². The fraction of sp³-hybridized carbons (Fsp3) is 0.440. The average molecular weight is 521 g/mol. The Kier molecular flexibility index (Phi) is 7.28. The minimum atomic E-state index is -1.19. The van der Waals surface area contributed by atoms with E-state index in [9.17, 15) is 32.3 Å². The molecular formula is C25H27F3N4O5. The molecule has 0 aliphatic carbocycles. The van der Waals surface area contributed by atoms with Crippen LogP contribution in [0.3, 0.4) is 0 Å². The highest BCUT2D eigenvalue weighted by atomic mass is 19.1. The first-order valence-electron chi connectivity index (χ1n) is 12.0. The number of nitrogens with zero attached hydrogens (tertiary/aromatic N) is 3. The van der Waals surface area contributed by atoms with Crippen molar-refractivity contribution in [3.63, 3.8) is 0 Å². The van der Waals surface area contributed by atoms with Gasteiger partial charge in [0.2, 0.25) is 5.43 Å². The highest BCUT2D eigenvalue weighted by Gasteiger charge is 2.43. The number of fused-ring (bicyclic) bond motifs is 4. The summed E-state index contributed by atoms with van der Waals surface area (Å²) in [5.74, 6) is -5.52. The zero-order valence-electron chi connectivity index (χ0n) is 20.6. The molecule has 0 spiro atoms. The molecule has 2 aliphatic heterocycles. The normalized spacial score (nSPS) is 19.0. The molecular weight excluding hydrogens is 493 g/mol. The number of Topliss-reactive ketones (excluding diaryl/α,β-unsaturated/α-hetero) is 1. The van der Waals surface area contributed by atoms with Crippen LogP contribution in [0.2, 0.25) is 0 Å². The van der Waals surface area contributed by atoms with E-state index in [0.29, 0.717) is 18.6 Å². The van der Waals surface area contributed by atoms with E-state index in [0.717, 1.165) is 6.42 Å². The summed E-state index contributed by atoms with van der Waals surface area (Å²) in [6.45, 7) is 4.82. The van der Waals surface area contributed by atoms with Gasteiger partial charge in [-0.1, -0.05) is 13.3 Å². The maximum Gasteiger partial charge on any atom is 0.278 e. The maximum atomic E-state index is 14.0. The number of amides is 2. The van der Waals surface area contributed by atoms with Gasteiger partial charge in [-0.05, 0) is 20.3 Å². The molecule has 4 rings (SSSR count). The van der Waals surface area contributed by atoms with Crippen LogP contribution in [0, 0.1) is 17.5 Å². The summed E-state index contributed by atoms with van der Waals surface area (Å²) in [7, 11) is 0. The van der Waals surface area contributed by atoms with E-state index in [-0.39, 0.29) is 43.0 Å². The van der Waals surface area contributed by atoms with Crippen molar-refractivity contribution < 1.29 is 32.3 Å². The molecule has 2 aliphatic rings. The summed E-state index contributed by atoms with van der Waals surface area (Å²) in [6.07, 6.45) is 2.62. The molecule has 198 valence electrons. The topological polar surface area (TPSA) is 101 Å². The van der Waals surface area contributed by atoms with Gasteiger partial charge in [-0.25, -0.2) is 13.2 Å². The molecule has 2 amide bonds. The first-order valence-corrected chi connectivity index (χ1v) is 12.0. The van der Waals surface area contributed by atoms with E-state index < -0.39 is 58.4 Å². The Morgan fingerprint density at radius 2 is 1.81 bits per heavy atom. The van der Waals surface area contributed by atoms with E-state index in [1.807, 2.05) is 6.92 Å². The molecule has 37 heavy (non-hydrogen) atoms. The number of halogens is 3. The van der Waals surface area contributed by atoms with Crippen LogP contribution < -0.4 is 20.5 Å². The van der Waals surface area contributed by atoms with Gasteiger partial charge in [0, 0.05) is 36.9 Å². The van der Waals surface area contributed by atoms with E-state index in [1.165, 1.54) is 15.8 Å². The van der Waals surface area contributed by atoms with E-state index in [2.05, 4.69) is 5.32 Å². The van der Waals surface area contributed by atoms with Crippen LogP contribution in [-0.2, 0) is 11.3 Å². The SMILES string of the molecule is CCCCOc1c2n(cc(C(=O)NCc3c(F)cc(F)cc3F)c1=O)N1CN(C2=O)[C@@H](C)C(=O)C[C@H]1C. The zero-order chi connectivity index (χ0) is 27.0. The number of benzene rings is 1. The minimum absolute atomic E-state index is 0.0459. The predicted molar refractivity (Wildman–Crippen MR) is 126 cm³/mol. The Labute approximate surface area is 210 Å². The number of unbranched alkanes of at least 4 members (excludes halogenated alkanes) is 1. The van der Waals surface area contributed by atoms with Crippen LogP contribution >= 0.6 is 0 Å². The lowest BCUT2D eigenvalue weighted by molar-refractivity contribution is -0.122.